The van der Waals surface area contributed by atoms with Gasteiger partial charge < -0.3 is 21.1 Å². The van der Waals surface area contributed by atoms with Gasteiger partial charge in [-0.05, 0) is 62.7 Å². The number of nitrogens with two attached hydrogens (primary N) is 1. The summed E-state index contributed by atoms with van der Waals surface area (Å²) in [6.07, 6.45) is 0.0638. The third-order valence-electron chi connectivity index (χ3n) is 7.04. The number of rotatable bonds is 9. The number of aliphatic imine (C=N–C) groups is 1. The predicted octanol–water partition coefficient (Wildman–Crippen LogP) is 4.27. The number of thiophene rings is 1. The SMILES string of the molecule is Cc1sc2c(c1C)C(c1ccc(Cl)cc1)=N[C@@H](CC(=O)NCCOCC(=O)Nc1ccc(C#CCN)cc1)c1nnc(C)n1-2. The van der Waals surface area contributed by atoms with E-state index < -0.39 is 6.04 Å². The number of hydrogen-bond acceptors (Lipinski definition) is 8. The predicted molar refractivity (Wildman–Crippen MR) is 173 cm³/mol. The van der Waals surface area contributed by atoms with Crippen molar-refractivity contribution in [2.24, 2.45) is 10.7 Å². The maximum atomic E-state index is 13.1. The molecular formula is C32H32ClN7O3S. The lowest BCUT2D eigenvalue weighted by molar-refractivity contribution is -0.122. The minimum absolute atomic E-state index is 0.0638. The first-order chi connectivity index (χ1) is 21.2. The largest absolute Gasteiger partial charge is 0.370 e. The summed E-state index contributed by atoms with van der Waals surface area (Å²) in [5.41, 5.74) is 10.7. The molecule has 12 heteroatoms. The molecule has 226 valence electrons. The molecule has 3 heterocycles. The second kappa shape index (κ2) is 14.0. The maximum Gasteiger partial charge on any atom is 0.250 e. The Morgan fingerprint density at radius 1 is 1.07 bits per heavy atom. The average molecular weight is 630 g/mol. The van der Waals surface area contributed by atoms with Crippen LogP contribution in [0, 0.1) is 32.6 Å². The highest BCUT2D eigenvalue weighted by Gasteiger charge is 2.32. The summed E-state index contributed by atoms with van der Waals surface area (Å²) in [7, 11) is 0. The molecular weight excluding hydrogens is 598 g/mol. The van der Waals surface area contributed by atoms with E-state index in [9.17, 15) is 9.59 Å². The molecule has 0 saturated heterocycles. The number of amides is 2. The van der Waals surface area contributed by atoms with Gasteiger partial charge >= 0.3 is 0 Å². The summed E-state index contributed by atoms with van der Waals surface area (Å²) < 4.78 is 7.49. The first-order valence-electron chi connectivity index (χ1n) is 14.0. The lowest BCUT2D eigenvalue weighted by Crippen LogP contribution is -2.30. The lowest BCUT2D eigenvalue weighted by atomic mass is 9.99. The second-order valence-corrected chi connectivity index (χ2v) is 11.8. The molecule has 0 unspecified atom stereocenters. The Kier molecular flexibility index (Phi) is 9.87. The van der Waals surface area contributed by atoms with Crippen molar-refractivity contribution in [3.63, 3.8) is 0 Å². The molecule has 0 fully saturated rings. The number of carbonyl (C=O) groups is 2. The van der Waals surface area contributed by atoms with Crippen LogP contribution in [0.2, 0.25) is 5.02 Å². The van der Waals surface area contributed by atoms with Gasteiger partial charge in [-0.25, -0.2) is 0 Å². The Labute approximate surface area is 264 Å². The Morgan fingerprint density at radius 3 is 2.55 bits per heavy atom. The topological polar surface area (TPSA) is 137 Å². The highest BCUT2D eigenvalue weighted by molar-refractivity contribution is 7.15. The number of ether oxygens (including phenoxy) is 1. The molecule has 5 rings (SSSR count). The quantitative estimate of drug-likeness (QED) is 0.187. The van der Waals surface area contributed by atoms with Crippen molar-refractivity contribution >= 4 is 46.2 Å². The van der Waals surface area contributed by atoms with Crippen LogP contribution in [-0.4, -0.2) is 58.6 Å². The van der Waals surface area contributed by atoms with Gasteiger partial charge in [-0.2, -0.15) is 0 Å². The van der Waals surface area contributed by atoms with E-state index >= 15 is 0 Å². The molecule has 0 radical (unpaired) electrons. The Bertz CT molecular complexity index is 1770. The van der Waals surface area contributed by atoms with Gasteiger partial charge in [0, 0.05) is 38.8 Å². The molecule has 1 aliphatic heterocycles. The molecule has 2 aromatic carbocycles. The fourth-order valence-corrected chi connectivity index (χ4v) is 6.13. The molecule has 1 atom stereocenters. The molecule has 2 aromatic heterocycles. The van der Waals surface area contributed by atoms with E-state index in [1.807, 2.05) is 35.8 Å². The first-order valence-corrected chi connectivity index (χ1v) is 15.2. The number of nitrogens with one attached hydrogen (secondary N) is 2. The second-order valence-electron chi connectivity index (χ2n) is 10.1. The summed E-state index contributed by atoms with van der Waals surface area (Å²) in [4.78, 5) is 31.6. The standard InChI is InChI=1S/C32H32ClN7O3S/c1-19-20(2)44-32-29(19)30(23-8-10-24(33)11-9-23)37-26(31-39-38-21(3)40(31)32)17-27(41)35-15-16-43-18-28(42)36-25-12-6-22(7-13-25)5-4-14-34/h6-13,26H,14-18,34H2,1-3H3,(H,35,41)(H,36,42)/t26-/m0/s1. The van der Waals surface area contributed by atoms with Crippen LogP contribution in [0.1, 0.15) is 51.2 Å². The summed E-state index contributed by atoms with van der Waals surface area (Å²) in [5, 5.41) is 16.0. The molecule has 0 bridgehead atoms. The minimum Gasteiger partial charge on any atom is -0.370 e. The summed E-state index contributed by atoms with van der Waals surface area (Å²) in [6.45, 7) is 6.61. The van der Waals surface area contributed by atoms with Gasteiger partial charge in [0.15, 0.2) is 5.82 Å². The van der Waals surface area contributed by atoms with Crippen molar-refractivity contribution in [3.05, 3.63) is 92.3 Å². The van der Waals surface area contributed by atoms with Crippen LogP contribution in [0.25, 0.3) is 5.00 Å². The Morgan fingerprint density at radius 2 is 1.82 bits per heavy atom. The van der Waals surface area contributed by atoms with Gasteiger partial charge in [-0.15, -0.1) is 21.5 Å². The molecule has 44 heavy (non-hydrogen) atoms. The Hall–Kier alpha value is -4.34. The van der Waals surface area contributed by atoms with Crippen LogP contribution in [0.4, 0.5) is 5.69 Å². The van der Waals surface area contributed by atoms with Crippen LogP contribution in [0.3, 0.4) is 0 Å². The van der Waals surface area contributed by atoms with Gasteiger partial charge in [0.2, 0.25) is 11.8 Å². The number of nitrogens with zero attached hydrogens (tertiary/aromatic N) is 4. The molecule has 2 amide bonds. The third-order valence-corrected chi connectivity index (χ3v) is 8.49. The van der Waals surface area contributed by atoms with Crippen molar-refractivity contribution in [1.82, 2.24) is 20.1 Å². The number of anilines is 1. The minimum atomic E-state index is -0.569. The number of halogens is 1. The van der Waals surface area contributed by atoms with E-state index in [-0.39, 0.29) is 44.5 Å². The van der Waals surface area contributed by atoms with Crippen LogP contribution in [0.5, 0.6) is 0 Å². The van der Waals surface area contributed by atoms with E-state index in [2.05, 4.69) is 46.5 Å². The first kappa shape index (κ1) is 31.1. The normalized spacial score (nSPS) is 13.6. The maximum absolute atomic E-state index is 13.1. The lowest BCUT2D eigenvalue weighted by Gasteiger charge is -2.13. The van der Waals surface area contributed by atoms with Crippen LogP contribution >= 0.6 is 22.9 Å². The monoisotopic (exact) mass is 629 g/mol. The summed E-state index contributed by atoms with van der Waals surface area (Å²) >= 11 is 7.84. The number of aryl methyl sites for hydroxylation is 2. The summed E-state index contributed by atoms with van der Waals surface area (Å²) in [5.74, 6) is 6.53. The highest BCUT2D eigenvalue weighted by atomic mass is 35.5. The fraction of sp³-hybridized carbons (Fsp3) is 0.281. The fourth-order valence-electron chi connectivity index (χ4n) is 4.79. The van der Waals surface area contributed by atoms with E-state index in [0.717, 1.165) is 38.8 Å². The molecule has 10 nitrogen and oxygen atoms in total. The molecule has 0 spiro atoms. The zero-order chi connectivity index (χ0) is 31.2. The van der Waals surface area contributed by atoms with Crippen LogP contribution in [-0.2, 0) is 14.3 Å². The number of benzene rings is 2. The number of aromatic nitrogens is 3. The van der Waals surface area contributed by atoms with Gasteiger partial charge in [0.05, 0.1) is 25.3 Å². The van der Waals surface area contributed by atoms with Crippen molar-refractivity contribution in [2.45, 2.75) is 33.2 Å². The van der Waals surface area contributed by atoms with Crippen LogP contribution < -0.4 is 16.4 Å². The number of fused-ring (bicyclic) bond motifs is 3. The molecule has 0 saturated carbocycles. The zero-order valence-electron chi connectivity index (χ0n) is 24.6. The van der Waals surface area contributed by atoms with Crippen molar-refractivity contribution in [3.8, 4) is 16.8 Å². The average Bonchev–Trinajstić information content (AvgIpc) is 3.48. The van der Waals surface area contributed by atoms with E-state index in [1.54, 1.807) is 35.6 Å². The van der Waals surface area contributed by atoms with Crippen LogP contribution in [0.15, 0.2) is 53.5 Å². The van der Waals surface area contributed by atoms with E-state index in [4.69, 9.17) is 27.1 Å². The molecule has 4 aromatic rings. The summed E-state index contributed by atoms with van der Waals surface area (Å²) in [6, 6.07) is 14.1. The number of hydrogen-bond donors (Lipinski definition) is 3. The van der Waals surface area contributed by atoms with Gasteiger partial charge in [0.1, 0.15) is 23.5 Å². The van der Waals surface area contributed by atoms with Crippen molar-refractivity contribution < 1.29 is 14.3 Å². The smallest absolute Gasteiger partial charge is 0.250 e. The van der Waals surface area contributed by atoms with Gasteiger partial charge in [0.25, 0.3) is 0 Å². The number of carbonyl (C=O) groups excluding carboxylic acids is 2. The van der Waals surface area contributed by atoms with Crippen molar-refractivity contribution in [2.75, 3.05) is 31.6 Å². The van der Waals surface area contributed by atoms with Gasteiger partial charge in [-0.3, -0.25) is 19.1 Å². The zero-order valence-corrected chi connectivity index (χ0v) is 26.2. The molecule has 1 aliphatic rings. The third kappa shape index (κ3) is 7.06. The van der Waals surface area contributed by atoms with Gasteiger partial charge in [-0.1, -0.05) is 35.6 Å². The molecule has 0 aliphatic carbocycles. The van der Waals surface area contributed by atoms with E-state index in [1.165, 1.54) is 4.88 Å². The van der Waals surface area contributed by atoms with E-state index in [0.29, 0.717) is 16.5 Å². The van der Waals surface area contributed by atoms with Crippen molar-refractivity contribution in [1.29, 1.82) is 0 Å². The Balaban J connectivity index is 1.21. The molecule has 4 N–H and O–H groups in total. The highest BCUT2D eigenvalue weighted by Crippen LogP contribution is 2.39.